The van der Waals surface area contributed by atoms with Crippen LogP contribution in [0.5, 0.6) is 0 Å². The summed E-state index contributed by atoms with van der Waals surface area (Å²) in [7, 11) is 0. The van der Waals surface area contributed by atoms with Gasteiger partial charge in [-0.05, 0) is 79.8 Å². The lowest BCUT2D eigenvalue weighted by molar-refractivity contribution is -0.123. The number of nitrogens with two attached hydrogens (primary N) is 1. The van der Waals surface area contributed by atoms with Crippen molar-refractivity contribution in [2.75, 3.05) is 16.3 Å². The Morgan fingerprint density at radius 2 is 1.53 bits per heavy atom. The fraction of sp³-hybridized carbons (Fsp3) is 0.278. The summed E-state index contributed by atoms with van der Waals surface area (Å²) in [6.45, 7) is 5.71. The molecule has 2 unspecified atom stereocenters. The van der Waals surface area contributed by atoms with Crippen molar-refractivity contribution in [2.45, 2.75) is 52.6 Å². The Balaban J connectivity index is 1.57. The maximum atomic E-state index is 14.4. The number of anilines is 2. The third-order valence-electron chi connectivity index (χ3n) is 8.34. The summed E-state index contributed by atoms with van der Waals surface area (Å²) in [6, 6.07) is 25.8. The Labute approximate surface area is 252 Å². The maximum Gasteiger partial charge on any atom is 0.258 e. The largest absolute Gasteiger partial charge is 0.322 e. The van der Waals surface area contributed by atoms with Crippen LogP contribution in [0.2, 0.25) is 0 Å². The van der Waals surface area contributed by atoms with Gasteiger partial charge >= 0.3 is 0 Å². The van der Waals surface area contributed by atoms with Crippen LogP contribution in [0.4, 0.5) is 11.4 Å². The van der Waals surface area contributed by atoms with E-state index in [0.29, 0.717) is 41.9 Å². The molecule has 0 bridgehead atoms. The molecule has 1 aliphatic rings. The van der Waals surface area contributed by atoms with E-state index in [9.17, 15) is 19.2 Å². The molecular weight excluding hydrogens is 538 g/mol. The van der Waals surface area contributed by atoms with Crippen LogP contribution >= 0.6 is 0 Å². The number of aryl methyl sites for hydroxylation is 1. The minimum atomic E-state index is -0.559. The van der Waals surface area contributed by atoms with Crippen LogP contribution < -0.4 is 15.5 Å². The highest BCUT2D eigenvalue weighted by atomic mass is 16.2. The molecule has 0 saturated carbocycles. The van der Waals surface area contributed by atoms with E-state index in [0.717, 1.165) is 21.9 Å². The van der Waals surface area contributed by atoms with Gasteiger partial charge < -0.3 is 15.5 Å². The molecule has 5 rings (SSSR count). The summed E-state index contributed by atoms with van der Waals surface area (Å²) < 4.78 is 0. The van der Waals surface area contributed by atoms with Gasteiger partial charge in [0.1, 0.15) is 5.78 Å². The number of rotatable bonds is 9. The molecule has 2 amide bonds. The highest BCUT2D eigenvalue weighted by molar-refractivity contribution is 6.12. The standard InChI is InChI=1S/C36H37N3O4/c1-23-15-16-27-9-4-5-11-30(27)31(23)22-39-33-13-7-6-12-32(33)38(35(42)28-19-17-26(18-20-28)25(3)40)21-29(36(39)43)10-8-14-34(41)24(2)37/h4-7,9,11-13,15-20,24,29H,8,10,14,21-22,37H2,1-3H3. The Bertz CT molecular complexity index is 1690. The van der Waals surface area contributed by atoms with Crippen LogP contribution in [0.1, 0.15) is 65.0 Å². The molecule has 2 atom stereocenters. The Morgan fingerprint density at radius 3 is 2.23 bits per heavy atom. The monoisotopic (exact) mass is 575 g/mol. The number of amides is 2. The van der Waals surface area contributed by atoms with E-state index >= 15 is 0 Å². The Hall–Kier alpha value is -4.62. The first-order chi connectivity index (χ1) is 20.7. The summed E-state index contributed by atoms with van der Waals surface area (Å²) in [6.07, 6.45) is 1.20. The SMILES string of the molecule is CC(=O)c1ccc(C(=O)N2CC(CCCC(=O)C(C)N)C(=O)N(Cc3c(C)ccc4ccccc34)c3ccccc32)cc1. The second-order valence-electron chi connectivity index (χ2n) is 11.4. The lowest BCUT2D eigenvalue weighted by atomic mass is 9.96. The molecule has 0 aromatic heterocycles. The summed E-state index contributed by atoms with van der Waals surface area (Å²) in [5, 5.41) is 2.17. The molecule has 7 heteroatoms. The fourth-order valence-electron chi connectivity index (χ4n) is 5.79. The molecule has 1 aliphatic heterocycles. The number of nitrogens with zero attached hydrogens (tertiary/aromatic N) is 2. The van der Waals surface area contributed by atoms with Crippen molar-refractivity contribution in [2.24, 2.45) is 11.7 Å². The van der Waals surface area contributed by atoms with Gasteiger partial charge in [-0.15, -0.1) is 0 Å². The van der Waals surface area contributed by atoms with E-state index in [1.165, 1.54) is 6.92 Å². The van der Waals surface area contributed by atoms with Crippen molar-refractivity contribution < 1.29 is 19.2 Å². The number of hydrogen-bond acceptors (Lipinski definition) is 5. The van der Waals surface area contributed by atoms with Crippen LogP contribution in [0, 0.1) is 12.8 Å². The predicted octanol–water partition coefficient (Wildman–Crippen LogP) is 6.25. The first-order valence-electron chi connectivity index (χ1n) is 14.7. The van der Waals surface area contributed by atoms with Gasteiger partial charge in [-0.3, -0.25) is 19.2 Å². The molecule has 0 saturated heterocycles. The third kappa shape index (κ3) is 6.27. The third-order valence-corrected chi connectivity index (χ3v) is 8.34. The van der Waals surface area contributed by atoms with Crippen molar-refractivity contribution in [3.63, 3.8) is 0 Å². The normalized spacial score (nSPS) is 15.6. The molecule has 4 aromatic carbocycles. The highest BCUT2D eigenvalue weighted by Gasteiger charge is 2.36. The van der Waals surface area contributed by atoms with Gasteiger partial charge in [0.05, 0.1) is 29.9 Å². The topological polar surface area (TPSA) is 101 Å². The molecule has 7 nitrogen and oxygen atoms in total. The average Bonchev–Trinajstić information content (AvgIpc) is 3.12. The Kier molecular flexibility index (Phi) is 8.83. The Morgan fingerprint density at radius 1 is 0.884 bits per heavy atom. The number of hydrogen-bond donors (Lipinski definition) is 1. The van der Waals surface area contributed by atoms with Crippen molar-refractivity contribution in [3.05, 3.63) is 107 Å². The van der Waals surface area contributed by atoms with Crippen molar-refractivity contribution in [3.8, 4) is 0 Å². The zero-order chi connectivity index (χ0) is 30.7. The molecular formula is C36H37N3O4. The zero-order valence-electron chi connectivity index (χ0n) is 24.9. The first-order valence-corrected chi connectivity index (χ1v) is 14.7. The first kappa shape index (κ1) is 29.9. The van der Waals surface area contributed by atoms with Gasteiger partial charge in [-0.2, -0.15) is 0 Å². The number of carbonyl (C=O) groups excluding carboxylic acids is 4. The fourth-order valence-corrected chi connectivity index (χ4v) is 5.79. The van der Waals surface area contributed by atoms with Gasteiger partial charge in [0.2, 0.25) is 5.91 Å². The number of fused-ring (bicyclic) bond motifs is 2. The van der Waals surface area contributed by atoms with E-state index in [2.05, 4.69) is 24.3 Å². The molecule has 0 fully saturated rings. The number of benzene rings is 4. The molecule has 0 radical (unpaired) electrons. The molecule has 0 aliphatic carbocycles. The van der Waals surface area contributed by atoms with Crippen molar-refractivity contribution in [1.82, 2.24) is 0 Å². The quantitative estimate of drug-likeness (QED) is 0.238. The minimum absolute atomic E-state index is 0.0499. The van der Waals surface area contributed by atoms with Crippen LogP contribution in [0.15, 0.2) is 84.9 Å². The number of Topliss-reactive ketones (excluding diaryl/α,β-unsaturated/α-hetero) is 2. The van der Waals surface area contributed by atoms with Crippen LogP contribution in [0.25, 0.3) is 10.8 Å². The molecule has 2 N–H and O–H groups in total. The van der Waals surface area contributed by atoms with Gasteiger partial charge in [0.25, 0.3) is 5.91 Å². The average molecular weight is 576 g/mol. The predicted molar refractivity (Wildman–Crippen MR) is 170 cm³/mol. The van der Waals surface area contributed by atoms with Crippen molar-refractivity contribution >= 4 is 45.5 Å². The summed E-state index contributed by atoms with van der Waals surface area (Å²) in [4.78, 5) is 56.1. The summed E-state index contributed by atoms with van der Waals surface area (Å²) >= 11 is 0. The van der Waals surface area contributed by atoms with Crippen LogP contribution in [-0.2, 0) is 16.1 Å². The van der Waals surface area contributed by atoms with E-state index in [1.807, 2.05) is 43.3 Å². The second kappa shape index (κ2) is 12.7. The molecule has 220 valence electrons. The van der Waals surface area contributed by atoms with E-state index < -0.39 is 12.0 Å². The smallest absolute Gasteiger partial charge is 0.258 e. The van der Waals surface area contributed by atoms with Gasteiger partial charge in [0, 0.05) is 24.1 Å². The van der Waals surface area contributed by atoms with E-state index in [-0.39, 0.29) is 36.3 Å². The van der Waals surface area contributed by atoms with Crippen LogP contribution in [-0.4, -0.2) is 36.0 Å². The van der Waals surface area contributed by atoms with Gasteiger partial charge in [-0.1, -0.05) is 60.7 Å². The van der Waals surface area contributed by atoms with E-state index in [4.69, 9.17) is 5.73 Å². The minimum Gasteiger partial charge on any atom is -0.322 e. The zero-order valence-corrected chi connectivity index (χ0v) is 24.9. The lowest BCUT2D eigenvalue weighted by Crippen LogP contribution is -2.40. The lowest BCUT2D eigenvalue weighted by Gasteiger charge is -2.27. The molecule has 4 aromatic rings. The molecule has 43 heavy (non-hydrogen) atoms. The van der Waals surface area contributed by atoms with Crippen LogP contribution in [0.3, 0.4) is 0 Å². The summed E-state index contributed by atoms with van der Waals surface area (Å²) in [5.41, 5.74) is 10.2. The summed E-state index contributed by atoms with van der Waals surface area (Å²) in [5.74, 6) is -1.01. The number of ketones is 2. The van der Waals surface area contributed by atoms with Gasteiger partial charge in [0.15, 0.2) is 5.78 Å². The molecule has 0 spiro atoms. The number of carbonyl (C=O) groups is 4. The maximum absolute atomic E-state index is 14.4. The highest BCUT2D eigenvalue weighted by Crippen LogP contribution is 2.38. The molecule has 1 heterocycles. The van der Waals surface area contributed by atoms with Gasteiger partial charge in [-0.25, -0.2) is 0 Å². The van der Waals surface area contributed by atoms with Crippen molar-refractivity contribution in [1.29, 1.82) is 0 Å². The van der Waals surface area contributed by atoms with E-state index in [1.54, 1.807) is 41.0 Å². The second-order valence-corrected chi connectivity index (χ2v) is 11.4. The number of para-hydroxylation sites is 2.